The molecule has 192 valence electrons. The zero-order chi connectivity index (χ0) is 25.3. The van der Waals surface area contributed by atoms with E-state index in [1.807, 2.05) is 12.1 Å². The van der Waals surface area contributed by atoms with Crippen LogP contribution in [0.5, 0.6) is 0 Å². The molecule has 1 aliphatic heterocycles. The molecule has 0 atom stereocenters. The first-order valence-electron chi connectivity index (χ1n) is 12.8. The van der Waals surface area contributed by atoms with Gasteiger partial charge in [0.1, 0.15) is 5.01 Å². The summed E-state index contributed by atoms with van der Waals surface area (Å²) >= 11 is 1.52. The number of anilines is 1. The average molecular weight is 513 g/mol. The molecule has 1 saturated heterocycles. The summed E-state index contributed by atoms with van der Waals surface area (Å²) in [7, 11) is 2.09. The Labute approximate surface area is 215 Å². The summed E-state index contributed by atoms with van der Waals surface area (Å²) in [5.74, 6) is -2.35. The number of nitrogens with two attached hydrogens (primary N) is 1. The fraction of sp³-hybridized carbons (Fsp3) is 0.519. The van der Waals surface area contributed by atoms with Gasteiger partial charge in [0, 0.05) is 30.3 Å². The Hall–Kier alpha value is -2.49. The highest BCUT2D eigenvalue weighted by Crippen LogP contribution is 2.43. The van der Waals surface area contributed by atoms with Crippen molar-refractivity contribution in [3.63, 3.8) is 0 Å². The largest absolute Gasteiger partial charge is 0.351 e. The zero-order valence-electron chi connectivity index (χ0n) is 20.9. The fourth-order valence-electron chi connectivity index (χ4n) is 5.06. The van der Waals surface area contributed by atoms with E-state index in [9.17, 15) is 8.78 Å². The fourth-order valence-corrected chi connectivity index (χ4v) is 6.27. The van der Waals surface area contributed by atoms with Gasteiger partial charge in [-0.05, 0) is 58.0 Å². The number of aromatic nitrogens is 3. The molecule has 3 heterocycles. The topological polar surface area (TPSA) is 80.0 Å². The number of benzene rings is 1. The molecule has 36 heavy (non-hydrogen) atoms. The highest BCUT2D eigenvalue weighted by molar-refractivity contribution is 7.15. The van der Waals surface area contributed by atoms with E-state index in [0.717, 1.165) is 61.3 Å². The third-order valence-corrected chi connectivity index (χ3v) is 8.70. The number of nitrogens with one attached hydrogen (secondary N) is 1. The normalized spacial score (nSPS) is 19.4. The zero-order valence-corrected chi connectivity index (χ0v) is 21.8. The summed E-state index contributed by atoms with van der Waals surface area (Å²) in [6.45, 7) is 2.70. The van der Waals surface area contributed by atoms with Crippen LogP contribution < -0.4 is 11.1 Å². The Morgan fingerprint density at radius 3 is 2.58 bits per heavy atom. The van der Waals surface area contributed by atoms with Gasteiger partial charge in [-0.3, -0.25) is 0 Å². The summed E-state index contributed by atoms with van der Waals surface area (Å²) in [6.07, 6.45) is 9.28. The van der Waals surface area contributed by atoms with E-state index in [2.05, 4.69) is 22.2 Å². The number of hydrogen-bond acceptors (Lipinski definition) is 7. The summed E-state index contributed by atoms with van der Waals surface area (Å²) in [5.41, 5.74) is 8.32. The smallest absolute Gasteiger partial charge is 0.270 e. The van der Waals surface area contributed by atoms with Crippen LogP contribution in [0.2, 0.25) is 0 Å². The molecule has 1 aromatic carbocycles. The molecule has 0 bridgehead atoms. The highest BCUT2D eigenvalue weighted by atomic mass is 32.1. The first-order valence-corrected chi connectivity index (χ1v) is 13.6. The first-order chi connectivity index (χ1) is 17.2. The van der Waals surface area contributed by atoms with Crippen LogP contribution in [0.1, 0.15) is 62.4 Å². The quantitative estimate of drug-likeness (QED) is 0.422. The van der Waals surface area contributed by atoms with Crippen LogP contribution >= 0.6 is 11.3 Å². The third kappa shape index (κ3) is 5.43. The number of likely N-dealkylation sites (tertiary alicyclic amines) is 1. The van der Waals surface area contributed by atoms with Crippen molar-refractivity contribution in [3.8, 4) is 21.8 Å². The van der Waals surface area contributed by atoms with Crippen molar-refractivity contribution in [1.82, 2.24) is 19.9 Å². The molecule has 0 unspecified atom stereocenters. The summed E-state index contributed by atoms with van der Waals surface area (Å²) < 4.78 is 28.3. The van der Waals surface area contributed by atoms with Gasteiger partial charge in [0.2, 0.25) is 5.95 Å². The highest BCUT2D eigenvalue weighted by Gasteiger charge is 2.36. The van der Waals surface area contributed by atoms with E-state index in [-0.39, 0.29) is 5.56 Å². The Morgan fingerprint density at radius 1 is 1.11 bits per heavy atom. The van der Waals surface area contributed by atoms with Gasteiger partial charge in [0.15, 0.2) is 0 Å². The molecule has 0 spiro atoms. The lowest BCUT2D eigenvalue weighted by Gasteiger charge is -2.36. The van der Waals surface area contributed by atoms with Crippen LogP contribution in [-0.4, -0.2) is 46.0 Å². The molecule has 0 amide bonds. The number of piperidine rings is 1. The molecule has 2 fully saturated rings. The Kier molecular flexibility index (Phi) is 7.07. The standard InChI is InChI=1S/C27H34F2N6S/c1-26(28,29)19-8-6-7-18(17-19)22-23(36-24(34-22)27(30)12-15-35(2)16-13-27)21-11-14-31-25(33-21)32-20-9-4-3-5-10-20/h6-8,11,14,17,20H,3-5,9-10,12-13,15-16,30H2,1-2H3,(H,31,32,33). The minimum Gasteiger partial charge on any atom is -0.351 e. The maximum atomic E-state index is 14.2. The molecule has 3 aromatic rings. The number of halogens is 2. The van der Waals surface area contributed by atoms with Gasteiger partial charge >= 0.3 is 0 Å². The molecule has 1 aliphatic carbocycles. The molecular weight excluding hydrogens is 478 g/mol. The van der Waals surface area contributed by atoms with Crippen molar-refractivity contribution >= 4 is 17.3 Å². The van der Waals surface area contributed by atoms with E-state index in [1.54, 1.807) is 12.3 Å². The van der Waals surface area contributed by atoms with E-state index < -0.39 is 11.5 Å². The number of nitrogens with zero attached hydrogens (tertiary/aromatic N) is 4. The van der Waals surface area contributed by atoms with Crippen LogP contribution in [0.4, 0.5) is 14.7 Å². The summed E-state index contributed by atoms with van der Waals surface area (Å²) in [4.78, 5) is 17.4. The van der Waals surface area contributed by atoms with Crippen molar-refractivity contribution < 1.29 is 8.78 Å². The van der Waals surface area contributed by atoms with Gasteiger partial charge in [-0.25, -0.2) is 23.7 Å². The Morgan fingerprint density at radius 2 is 1.86 bits per heavy atom. The van der Waals surface area contributed by atoms with Gasteiger partial charge in [-0.2, -0.15) is 0 Å². The molecule has 3 N–H and O–H groups in total. The number of thiazole rings is 1. The minimum atomic E-state index is -2.94. The lowest BCUT2D eigenvalue weighted by Crippen LogP contribution is -2.46. The molecule has 1 saturated carbocycles. The lowest BCUT2D eigenvalue weighted by molar-refractivity contribution is 0.0175. The van der Waals surface area contributed by atoms with Gasteiger partial charge in [-0.1, -0.05) is 37.5 Å². The number of rotatable bonds is 6. The van der Waals surface area contributed by atoms with Gasteiger partial charge < -0.3 is 16.0 Å². The van der Waals surface area contributed by atoms with Crippen LogP contribution in [0, 0.1) is 0 Å². The summed E-state index contributed by atoms with van der Waals surface area (Å²) in [6, 6.07) is 8.72. The van der Waals surface area contributed by atoms with Crippen molar-refractivity contribution in [2.24, 2.45) is 5.73 Å². The minimum absolute atomic E-state index is 0.0374. The van der Waals surface area contributed by atoms with Gasteiger partial charge in [0.25, 0.3) is 5.92 Å². The Bertz CT molecular complexity index is 1190. The van der Waals surface area contributed by atoms with Gasteiger partial charge in [-0.15, -0.1) is 11.3 Å². The Balaban J connectivity index is 1.56. The summed E-state index contributed by atoms with van der Waals surface area (Å²) in [5, 5.41) is 4.32. The van der Waals surface area contributed by atoms with Crippen molar-refractivity contribution in [3.05, 3.63) is 47.1 Å². The van der Waals surface area contributed by atoms with Crippen LogP contribution in [0.15, 0.2) is 36.5 Å². The third-order valence-electron chi connectivity index (χ3n) is 7.40. The van der Waals surface area contributed by atoms with Crippen LogP contribution in [0.25, 0.3) is 21.8 Å². The van der Waals surface area contributed by atoms with Gasteiger partial charge in [0.05, 0.1) is 21.8 Å². The predicted molar refractivity (Wildman–Crippen MR) is 141 cm³/mol. The molecule has 5 rings (SSSR count). The maximum Gasteiger partial charge on any atom is 0.270 e. The predicted octanol–water partition coefficient (Wildman–Crippen LogP) is 6.00. The molecule has 0 radical (unpaired) electrons. The van der Waals surface area contributed by atoms with Crippen molar-refractivity contribution in [2.45, 2.75) is 69.4 Å². The second-order valence-electron chi connectivity index (χ2n) is 10.4. The van der Waals surface area contributed by atoms with E-state index in [4.69, 9.17) is 15.7 Å². The molecular formula is C27H34F2N6S. The van der Waals surface area contributed by atoms with E-state index in [1.165, 1.54) is 42.7 Å². The molecule has 9 heteroatoms. The monoisotopic (exact) mass is 512 g/mol. The van der Waals surface area contributed by atoms with Crippen LogP contribution in [0.3, 0.4) is 0 Å². The number of hydrogen-bond donors (Lipinski definition) is 2. The van der Waals surface area contributed by atoms with E-state index in [0.29, 0.717) is 23.2 Å². The van der Waals surface area contributed by atoms with Crippen molar-refractivity contribution in [2.75, 3.05) is 25.5 Å². The maximum absolute atomic E-state index is 14.2. The first kappa shape index (κ1) is 25.2. The molecule has 2 aliphatic rings. The van der Waals surface area contributed by atoms with Crippen molar-refractivity contribution in [1.29, 1.82) is 0 Å². The van der Waals surface area contributed by atoms with Crippen LogP contribution in [-0.2, 0) is 11.5 Å². The SMILES string of the molecule is CN1CCC(N)(c2nc(-c3cccc(C(C)(F)F)c3)c(-c3ccnc(NC4CCCCC4)n3)s2)CC1. The van der Waals surface area contributed by atoms with E-state index >= 15 is 0 Å². The lowest BCUT2D eigenvalue weighted by atomic mass is 9.89. The second-order valence-corrected chi connectivity index (χ2v) is 11.4. The average Bonchev–Trinajstić information content (AvgIpc) is 3.33. The molecule has 6 nitrogen and oxygen atoms in total. The number of alkyl halides is 2. The molecule has 2 aromatic heterocycles. The second kappa shape index (κ2) is 10.1.